The Morgan fingerprint density at radius 2 is 1.90 bits per heavy atom. The highest BCUT2D eigenvalue weighted by Crippen LogP contribution is 2.20. The van der Waals surface area contributed by atoms with E-state index < -0.39 is 30.1 Å². The van der Waals surface area contributed by atoms with Crippen LogP contribution in [0.25, 0.3) is 0 Å². The maximum absolute atomic E-state index is 12.0. The Balaban J connectivity index is 2.89. The van der Waals surface area contributed by atoms with Crippen LogP contribution >= 0.6 is 0 Å². The van der Waals surface area contributed by atoms with E-state index in [0.29, 0.717) is 0 Å². The first-order valence-corrected chi connectivity index (χ1v) is 6.04. The molecule has 1 rings (SSSR count). The summed E-state index contributed by atoms with van der Waals surface area (Å²) >= 11 is 0. The fourth-order valence-electron chi connectivity index (χ4n) is 1.59. The second kappa shape index (κ2) is 7.36. The van der Waals surface area contributed by atoms with Gasteiger partial charge in [-0.3, -0.25) is 15.4 Å². The van der Waals surface area contributed by atoms with Crippen molar-refractivity contribution in [1.82, 2.24) is 5.43 Å². The third kappa shape index (κ3) is 4.55. The van der Waals surface area contributed by atoms with E-state index in [2.05, 4.69) is 0 Å². The summed E-state index contributed by atoms with van der Waals surface area (Å²) in [6, 6.07) is 4.72. The molecule has 114 valence electrons. The zero-order chi connectivity index (χ0) is 16.0. The minimum absolute atomic E-state index is 0.0145. The predicted octanol–water partition coefficient (Wildman–Crippen LogP) is 0.0737. The molecule has 0 radical (unpaired) electrons. The van der Waals surface area contributed by atoms with Crippen molar-refractivity contribution in [3.05, 3.63) is 29.8 Å². The number of aliphatic carboxylic acids is 1. The number of rotatable bonds is 6. The van der Waals surface area contributed by atoms with Crippen molar-refractivity contribution in [2.45, 2.75) is 26.0 Å². The maximum Gasteiger partial charge on any atom is 0.342 e. The van der Waals surface area contributed by atoms with Crippen LogP contribution in [0.1, 0.15) is 24.2 Å². The third-order valence-electron chi connectivity index (χ3n) is 2.57. The van der Waals surface area contributed by atoms with Gasteiger partial charge in [0.1, 0.15) is 17.4 Å². The van der Waals surface area contributed by atoms with Crippen molar-refractivity contribution < 1.29 is 29.0 Å². The quantitative estimate of drug-likeness (QED) is 0.291. The minimum atomic E-state index is -1.26. The summed E-state index contributed by atoms with van der Waals surface area (Å²) < 4.78 is 9.91. The predicted molar refractivity (Wildman–Crippen MR) is 71.4 cm³/mol. The molecule has 1 unspecified atom stereocenters. The summed E-state index contributed by atoms with van der Waals surface area (Å²) in [6.07, 6.45) is -1.02. The molecule has 0 aliphatic heterocycles. The largest absolute Gasteiger partial charge is 0.480 e. The fourth-order valence-corrected chi connectivity index (χ4v) is 1.59. The molecule has 1 aromatic carbocycles. The lowest BCUT2D eigenvalue weighted by Crippen LogP contribution is -2.49. The van der Waals surface area contributed by atoms with Crippen LogP contribution in [-0.4, -0.2) is 35.2 Å². The number of ether oxygens (including phenoxy) is 2. The zero-order valence-electron chi connectivity index (χ0n) is 11.5. The Morgan fingerprint density at radius 3 is 2.43 bits per heavy atom. The summed E-state index contributed by atoms with van der Waals surface area (Å²) in [4.78, 5) is 33.9. The van der Waals surface area contributed by atoms with Gasteiger partial charge in [-0.15, -0.1) is 0 Å². The number of carbonyl (C=O) groups is 3. The smallest absolute Gasteiger partial charge is 0.342 e. The molecule has 0 heterocycles. The number of carboxylic acid groups (broad SMARTS) is 1. The highest BCUT2D eigenvalue weighted by atomic mass is 16.6. The number of hydrazine groups is 1. The highest BCUT2D eigenvalue weighted by molar-refractivity contribution is 5.93. The lowest BCUT2D eigenvalue weighted by Gasteiger charge is -2.20. The van der Waals surface area contributed by atoms with Crippen LogP contribution in [0, 0.1) is 0 Å². The van der Waals surface area contributed by atoms with Crippen LogP contribution < -0.4 is 16.0 Å². The normalized spacial score (nSPS) is 13.1. The molecule has 0 fully saturated rings. The minimum Gasteiger partial charge on any atom is -0.480 e. The Hall–Kier alpha value is -2.45. The molecular weight excluding hydrogens is 280 g/mol. The number of hydrogen-bond acceptors (Lipinski definition) is 7. The molecule has 0 bridgehead atoms. The standard InChI is InChI=1S/C13H16N2O6/c1-7(11(15-14)12(17)18)20-13(19)9-5-3-4-6-10(9)21-8(2)16/h3-7,11,15H,14H2,1-2H3,(H,17,18)/t7-,11?/m1/s1. The lowest BCUT2D eigenvalue weighted by molar-refractivity contribution is -0.142. The van der Waals surface area contributed by atoms with Crippen molar-refractivity contribution in [1.29, 1.82) is 0 Å². The second-order valence-corrected chi connectivity index (χ2v) is 4.18. The summed E-state index contributed by atoms with van der Waals surface area (Å²) in [7, 11) is 0. The first-order chi connectivity index (χ1) is 9.86. The van der Waals surface area contributed by atoms with Gasteiger partial charge < -0.3 is 14.6 Å². The van der Waals surface area contributed by atoms with Crippen molar-refractivity contribution in [2.75, 3.05) is 0 Å². The number of hydrogen-bond donors (Lipinski definition) is 3. The van der Waals surface area contributed by atoms with E-state index in [-0.39, 0.29) is 11.3 Å². The van der Waals surface area contributed by atoms with E-state index in [9.17, 15) is 14.4 Å². The SMILES string of the molecule is CC(=O)Oc1ccccc1C(=O)O[C@H](C)C(NN)C(=O)O. The summed E-state index contributed by atoms with van der Waals surface area (Å²) in [5.41, 5.74) is 2.06. The Bertz CT molecular complexity index is 545. The maximum atomic E-state index is 12.0. The van der Waals surface area contributed by atoms with E-state index in [0.717, 1.165) is 0 Å². The van der Waals surface area contributed by atoms with Gasteiger partial charge in [0.2, 0.25) is 0 Å². The summed E-state index contributed by atoms with van der Waals surface area (Å²) in [5.74, 6) is 2.47. The van der Waals surface area contributed by atoms with Crippen LogP contribution in [0.3, 0.4) is 0 Å². The molecule has 1 aromatic rings. The van der Waals surface area contributed by atoms with Gasteiger partial charge in [0, 0.05) is 6.92 Å². The van der Waals surface area contributed by atoms with Crippen molar-refractivity contribution in [3.63, 3.8) is 0 Å². The monoisotopic (exact) mass is 296 g/mol. The molecule has 0 spiro atoms. The number of esters is 2. The molecule has 0 aromatic heterocycles. The van der Waals surface area contributed by atoms with E-state index in [1.54, 1.807) is 12.1 Å². The molecule has 21 heavy (non-hydrogen) atoms. The van der Waals surface area contributed by atoms with Crippen molar-refractivity contribution >= 4 is 17.9 Å². The number of carbonyl (C=O) groups excluding carboxylic acids is 2. The topological polar surface area (TPSA) is 128 Å². The van der Waals surface area contributed by atoms with E-state index in [4.69, 9.17) is 20.4 Å². The molecule has 8 heteroatoms. The average Bonchev–Trinajstić information content (AvgIpc) is 2.38. The van der Waals surface area contributed by atoms with Crippen molar-refractivity contribution in [2.24, 2.45) is 5.84 Å². The van der Waals surface area contributed by atoms with Crippen LogP contribution in [0.2, 0.25) is 0 Å². The molecule has 0 saturated heterocycles. The average molecular weight is 296 g/mol. The molecule has 8 nitrogen and oxygen atoms in total. The number of carboxylic acids is 1. The first kappa shape index (κ1) is 16.6. The van der Waals surface area contributed by atoms with Gasteiger partial charge >= 0.3 is 17.9 Å². The van der Waals surface area contributed by atoms with Crippen LogP contribution in [0.5, 0.6) is 5.75 Å². The molecule has 0 amide bonds. The first-order valence-electron chi connectivity index (χ1n) is 6.04. The van der Waals surface area contributed by atoms with Crippen LogP contribution in [-0.2, 0) is 14.3 Å². The molecule has 0 aliphatic rings. The lowest BCUT2D eigenvalue weighted by atomic mass is 10.1. The number of para-hydroxylation sites is 1. The van der Waals surface area contributed by atoms with Gasteiger partial charge in [-0.2, -0.15) is 0 Å². The summed E-state index contributed by atoms with van der Waals surface area (Å²) in [6.45, 7) is 2.58. The van der Waals surface area contributed by atoms with Gasteiger partial charge in [-0.25, -0.2) is 10.2 Å². The Morgan fingerprint density at radius 1 is 1.29 bits per heavy atom. The Kier molecular flexibility index (Phi) is 5.82. The number of nitrogens with one attached hydrogen (secondary N) is 1. The molecule has 0 aliphatic carbocycles. The molecule has 4 N–H and O–H groups in total. The molecule has 0 saturated carbocycles. The Labute approximate surface area is 120 Å². The van der Waals surface area contributed by atoms with Gasteiger partial charge in [0.05, 0.1) is 0 Å². The number of nitrogens with two attached hydrogens (primary N) is 1. The summed E-state index contributed by atoms with van der Waals surface area (Å²) in [5, 5.41) is 8.90. The second-order valence-electron chi connectivity index (χ2n) is 4.18. The van der Waals surface area contributed by atoms with Crippen LogP contribution in [0.15, 0.2) is 24.3 Å². The molecule has 2 atom stereocenters. The van der Waals surface area contributed by atoms with E-state index in [1.165, 1.54) is 26.0 Å². The van der Waals surface area contributed by atoms with Gasteiger partial charge in [0.15, 0.2) is 6.04 Å². The third-order valence-corrected chi connectivity index (χ3v) is 2.57. The number of benzene rings is 1. The van der Waals surface area contributed by atoms with E-state index >= 15 is 0 Å². The van der Waals surface area contributed by atoms with E-state index in [1.807, 2.05) is 5.43 Å². The molecular formula is C13H16N2O6. The van der Waals surface area contributed by atoms with Gasteiger partial charge in [-0.05, 0) is 19.1 Å². The van der Waals surface area contributed by atoms with Crippen LogP contribution in [0.4, 0.5) is 0 Å². The fraction of sp³-hybridized carbons (Fsp3) is 0.308. The van der Waals surface area contributed by atoms with Crippen molar-refractivity contribution in [3.8, 4) is 5.75 Å². The van der Waals surface area contributed by atoms with Gasteiger partial charge in [0.25, 0.3) is 0 Å². The highest BCUT2D eigenvalue weighted by Gasteiger charge is 2.28. The van der Waals surface area contributed by atoms with Gasteiger partial charge in [-0.1, -0.05) is 12.1 Å². The zero-order valence-corrected chi connectivity index (χ0v) is 11.5.